The lowest BCUT2D eigenvalue weighted by Crippen LogP contribution is -2.14. The molecule has 2 aromatic heterocycles. The zero-order chi connectivity index (χ0) is 30.0. The first-order chi connectivity index (χ1) is 20.2. The number of aryl methyl sites for hydroxylation is 1. The number of aliphatic imine (C=N–C) groups is 1. The number of allylic oxidation sites excluding steroid dienone is 2. The number of benzene rings is 3. The van der Waals surface area contributed by atoms with Gasteiger partial charge in [0.25, 0.3) is 0 Å². The number of nitrogens with two attached hydrogens (primary N) is 1. The lowest BCUT2D eigenvalue weighted by Gasteiger charge is -2.17. The molecule has 0 aliphatic rings. The second-order valence-corrected chi connectivity index (χ2v) is 12.2. The predicted octanol–water partition coefficient (Wildman–Crippen LogP) is 7.17. The van der Waals surface area contributed by atoms with Crippen molar-refractivity contribution in [2.24, 2.45) is 10.7 Å². The zero-order valence-electron chi connectivity index (χ0n) is 23.2. The number of carbonyl (C=O) groups is 1. The molecule has 0 bridgehead atoms. The molecule has 0 saturated carbocycles. The number of nitrogens with zero attached hydrogens (tertiary/aromatic N) is 3. The average molecular weight is 595 g/mol. The molecular weight excluding hydrogens is 568 g/mol. The maximum atomic E-state index is 14.8. The SMILES string of the molecule is Cc1ccc([S+]([O-])n2c(-c3cccc(C(C=C(N)C=O)=NC(C)C)c3)c(-c3ccsc3C#N)c3cc(F)ccc32)cc1. The highest BCUT2D eigenvalue weighted by Gasteiger charge is 2.30. The lowest BCUT2D eigenvalue weighted by atomic mass is 9.97. The van der Waals surface area contributed by atoms with Crippen molar-refractivity contribution in [1.29, 1.82) is 5.26 Å². The van der Waals surface area contributed by atoms with E-state index in [9.17, 15) is 19.0 Å². The number of rotatable bonds is 8. The lowest BCUT2D eigenvalue weighted by molar-refractivity contribution is -0.104. The van der Waals surface area contributed by atoms with E-state index in [1.54, 1.807) is 10.0 Å². The molecule has 0 amide bonds. The van der Waals surface area contributed by atoms with Gasteiger partial charge in [-0.3, -0.25) is 9.79 Å². The van der Waals surface area contributed by atoms with Crippen molar-refractivity contribution in [3.8, 4) is 28.5 Å². The Labute approximate surface area is 250 Å². The van der Waals surface area contributed by atoms with Gasteiger partial charge in [0.1, 0.15) is 33.8 Å². The van der Waals surface area contributed by atoms with Crippen LogP contribution in [0.5, 0.6) is 0 Å². The van der Waals surface area contributed by atoms with Crippen LogP contribution in [0.2, 0.25) is 0 Å². The van der Waals surface area contributed by atoms with Crippen LogP contribution in [0.4, 0.5) is 4.39 Å². The summed E-state index contributed by atoms with van der Waals surface area (Å²) < 4.78 is 30.9. The van der Waals surface area contributed by atoms with Crippen molar-refractivity contribution in [1.82, 2.24) is 3.97 Å². The summed E-state index contributed by atoms with van der Waals surface area (Å²) >= 11 is -0.441. The Morgan fingerprint density at radius 2 is 1.90 bits per heavy atom. The van der Waals surface area contributed by atoms with Gasteiger partial charge in [0.2, 0.25) is 0 Å². The largest absolute Gasteiger partial charge is 0.587 e. The molecule has 0 aliphatic heterocycles. The van der Waals surface area contributed by atoms with Crippen molar-refractivity contribution in [2.75, 3.05) is 0 Å². The van der Waals surface area contributed by atoms with E-state index in [0.717, 1.165) is 5.56 Å². The van der Waals surface area contributed by atoms with Crippen LogP contribution in [-0.2, 0) is 16.2 Å². The Hall–Kier alpha value is -4.49. The Kier molecular flexibility index (Phi) is 8.41. The van der Waals surface area contributed by atoms with E-state index in [-0.39, 0.29) is 11.7 Å². The molecule has 1 unspecified atom stereocenters. The fourth-order valence-electron chi connectivity index (χ4n) is 4.79. The quantitative estimate of drug-likeness (QED) is 0.0890. The number of carbonyl (C=O) groups excluding carboxylic acids is 1. The zero-order valence-corrected chi connectivity index (χ0v) is 24.8. The number of fused-ring (bicyclic) bond motifs is 1. The molecule has 0 spiro atoms. The summed E-state index contributed by atoms with van der Waals surface area (Å²) in [5.41, 5.74) is 11.1. The maximum absolute atomic E-state index is 14.8. The Morgan fingerprint density at radius 3 is 2.60 bits per heavy atom. The number of aromatic nitrogens is 1. The van der Waals surface area contributed by atoms with Crippen LogP contribution < -0.4 is 5.73 Å². The van der Waals surface area contributed by atoms with Crippen molar-refractivity contribution in [2.45, 2.75) is 31.7 Å². The van der Waals surface area contributed by atoms with Gasteiger partial charge in [-0.15, -0.1) is 11.3 Å². The smallest absolute Gasteiger partial charge is 0.180 e. The molecule has 2 heterocycles. The van der Waals surface area contributed by atoms with Crippen LogP contribution in [0.3, 0.4) is 0 Å². The molecule has 5 rings (SSSR count). The number of thiophene rings is 1. The topological polar surface area (TPSA) is 107 Å². The highest BCUT2D eigenvalue weighted by molar-refractivity contribution is 7.90. The molecule has 0 fully saturated rings. The minimum Gasteiger partial charge on any atom is -0.587 e. The van der Waals surface area contributed by atoms with Crippen molar-refractivity contribution in [3.05, 3.63) is 112 Å². The van der Waals surface area contributed by atoms with Gasteiger partial charge in [0.05, 0.1) is 16.9 Å². The molecule has 3 aromatic carbocycles. The molecule has 5 aromatic rings. The second kappa shape index (κ2) is 12.2. The van der Waals surface area contributed by atoms with E-state index in [1.807, 2.05) is 80.7 Å². The normalized spacial score (nSPS) is 13.0. The number of hydrogen-bond donors (Lipinski definition) is 1. The van der Waals surface area contributed by atoms with Crippen LogP contribution in [0.15, 0.2) is 99.8 Å². The molecule has 1 atom stereocenters. The van der Waals surface area contributed by atoms with Gasteiger partial charge in [0, 0.05) is 33.7 Å². The number of hydrogen-bond acceptors (Lipinski definition) is 6. The second-order valence-electron chi connectivity index (χ2n) is 9.97. The summed E-state index contributed by atoms with van der Waals surface area (Å²) in [6.07, 6.45) is 2.09. The van der Waals surface area contributed by atoms with Gasteiger partial charge in [-0.1, -0.05) is 35.9 Å². The monoisotopic (exact) mass is 594 g/mol. The van der Waals surface area contributed by atoms with Crippen molar-refractivity contribution < 1.29 is 13.7 Å². The third kappa shape index (κ3) is 5.65. The standard InChI is InChI=1S/C33H27FN4O2S2/c1-20(2)37-29(17-25(36)19-39)22-5-4-6-23(15-22)33-32(27-13-14-41-31(27)18-35)28-16-24(34)9-12-30(28)38(33)42(40)26-10-7-21(3)8-11-26/h4-17,19-20H,36H2,1-3H3. The summed E-state index contributed by atoms with van der Waals surface area (Å²) in [4.78, 5) is 17.1. The van der Waals surface area contributed by atoms with Crippen molar-refractivity contribution >= 4 is 45.6 Å². The molecular formula is C33H27FN4O2S2. The summed E-state index contributed by atoms with van der Waals surface area (Å²) in [6.45, 7) is 5.80. The van der Waals surface area contributed by atoms with Crippen LogP contribution in [0, 0.1) is 24.1 Å². The first-order valence-electron chi connectivity index (χ1n) is 13.1. The van der Waals surface area contributed by atoms with E-state index >= 15 is 0 Å². The van der Waals surface area contributed by atoms with Gasteiger partial charge in [-0.05, 0) is 74.7 Å². The van der Waals surface area contributed by atoms with Crippen LogP contribution in [0.25, 0.3) is 33.3 Å². The minimum atomic E-state index is -1.73. The first-order valence-corrected chi connectivity index (χ1v) is 15.1. The Balaban J connectivity index is 1.88. The number of halogens is 1. The summed E-state index contributed by atoms with van der Waals surface area (Å²) in [5.74, 6) is -0.447. The summed E-state index contributed by atoms with van der Waals surface area (Å²) in [7, 11) is 0. The molecule has 0 saturated heterocycles. The Bertz CT molecular complexity index is 1900. The van der Waals surface area contributed by atoms with Crippen LogP contribution in [-0.4, -0.2) is 26.6 Å². The summed E-state index contributed by atoms with van der Waals surface area (Å²) in [6, 6.07) is 23.2. The molecule has 0 radical (unpaired) electrons. The van der Waals surface area contributed by atoms with Gasteiger partial charge >= 0.3 is 0 Å². The third-order valence-electron chi connectivity index (χ3n) is 6.58. The van der Waals surface area contributed by atoms with Crippen LogP contribution in [0.1, 0.15) is 29.9 Å². The van der Waals surface area contributed by atoms with E-state index in [1.165, 1.54) is 29.5 Å². The van der Waals surface area contributed by atoms with Gasteiger partial charge in [-0.2, -0.15) is 9.23 Å². The minimum absolute atomic E-state index is 0.0301. The highest BCUT2D eigenvalue weighted by atomic mass is 32.2. The fraction of sp³-hybridized carbons (Fsp3) is 0.121. The van der Waals surface area contributed by atoms with Crippen LogP contribution >= 0.6 is 11.3 Å². The average Bonchev–Trinajstić information content (AvgIpc) is 3.58. The molecule has 210 valence electrons. The van der Waals surface area contributed by atoms with E-state index < -0.39 is 17.2 Å². The number of nitriles is 1. The fourth-order valence-corrected chi connectivity index (χ4v) is 6.76. The van der Waals surface area contributed by atoms with Gasteiger partial charge in [-0.25, -0.2) is 4.39 Å². The number of aldehydes is 1. The van der Waals surface area contributed by atoms with E-state index in [2.05, 4.69) is 11.1 Å². The predicted molar refractivity (Wildman–Crippen MR) is 168 cm³/mol. The van der Waals surface area contributed by atoms with E-state index in [4.69, 9.17) is 5.73 Å². The molecule has 42 heavy (non-hydrogen) atoms. The van der Waals surface area contributed by atoms with Gasteiger partial charge < -0.3 is 10.3 Å². The Morgan fingerprint density at radius 1 is 1.14 bits per heavy atom. The summed E-state index contributed by atoms with van der Waals surface area (Å²) in [5, 5.41) is 12.3. The third-order valence-corrected chi connectivity index (χ3v) is 8.79. The molecule has 6 nitrogen and oxygen atoms in total. The molecule has 2 N–H and O–H groups in total. The van der Waals surface area contributed by atoms with Gasteiger partial charge in [0.15, 0.2) is 11.2 Å². The molecule has 9 heteroatoms. The molecule has 0 aliphatic carbocycles. The first kappa shape index (κ1) is 29.0. The van der Waals surface area contributed by atoms with E-state index in [0.29, 0.717) is 60.6 Å². The van der Waals surface area contributed by atoms with Crippen molar-refractivity contribution in [3.63, 3.8) is 0 Å². The maximum Gasteiger partial charge on any atom is 0.180 e. The highest BCUT2D eigenvalue weighted by Crippen LogP contribution is 2.45.